The Morgan fingerprint density at radius 1 is 1.07 bits per heavy atom. The van der Waals surface area contributed by atoms with Crippen LogP contribution in [-0.4, -0.2) is 22.8 Å². The first-order valence-corrected chi connectivity index (χ1v) is 9.62. The Hall–Kier alpha value is -3.06. The summed E-state index contributed by atoms with van der Waals surface area (Å²) in [7, 11) is 0. The maximum atomic E-state index is 11.9. The third kappa shape index (κ3) is 8.66. The van der Waals surface area contributed by atoms with E-state index in [-0.39, 0.29) is 5.29 Å². The summed E-state index contributed by atoms with van der Waals surface area (Å²) in [4.78, 5) is 20.7. The summed E-state index contributed by atoms with van der Waals surface area (Å²) in [5.74, 6) is 0.534. The standard InChI is InChI=1S/C21H26ClN5O2/c1-5-18(25-19(22)27-26-15-10-7-6-8-11-15)23-16-12-9-13-17(14-16)24-20(28)29-21(2,3)4/h6-14,26H,5H2,1-4H3,(H,24,28)(H,23,25,27). The molecule has 1 amide bonds. The van der Waals surface area contributed by atoms with Crippen molar-refractivity contribution in [1.82, 2.24) is 5.43 Å². The first kappa shape index (κ1) is 22.2. The predicted molar refractivity (Wildman–Crippen MR) is 120 cm³/mol. The van der Waals surface area contributed by atoms with Gasteiger partial charge in [0.1, 0.15) is 11.4 Å². The van der Waals surface area contributed by atoms with Gasteiger partial charge in [0.25, 0.3) is 0 Å². The fourth-order valence-corrected chi connectivity index (χ4v) is 2.34. The zero-order valence-corrected chi connectivity index (χ0v) is 17.7. The van der Waals surface area contributed by atoms with Crippen LogP contribution in [0.4, 0.5) is 21.9 Å². The number of hydrazine groups is 1. The van der Waals surface area contributed by atoms with Gasteiger partial charge in [-0.3, -0.25) is 16.2 Å². The molecule has 0 saturated heterocycles. The number of anilines is 2. The van der Waals surface area contributed by atoms with Gasteiger partial charge in [0.05, 0.1) is 11.4 Å². The number of amidine groups is 2. The number of nitrogens with zero attached hydrogens (tertiary/aromatic N) is 2. The van der Waals surface area contributed by atoms with Gasteiger partial charge in [-0.2, -0.15) is 0 Å². The Bertz CT molecular complexity index is 876. The highest BCUT2D eigenvalue weighted by atomic mass is 35.5. The van der Waals surface area contributed by atoms with Gasteiger partial charge in [-0.05, 0) is 62.7 Å². The molecule has 2 aromatic rings. The smallest absolute Gasteiger partial charge is 0.412 e. The predicted octanol–water partition coefficient (Wildman–Crippen LogP) is 5.69. The highest BCUT2D eigenvalue weighted by Crippen LogP contribution is 2.20. The van der Waals surface area contributed by atoms with Gasteiger partial charge in [-0.15, -0.1) is 0 Å². The molecule has 7 nitrogen and oxygen atoms in total. The zero-order chi connectivity index (χ0) is 21.3. The lowest BCUT2D eigenvalue weighted by Crippen LogP contribution is -2.27. The number of ether oxygens (including phenoxy) is 1. The SMILES string of the molecule is CCC(=Nc1cccc(NC(=O)OC(C)(C)C)c1)N=C(Cl)NNc1ccccc1. The quantitative estimate of drug-likeness (QED) is 0.253. The lowest BCUT2D eigenvalue weighted by molar-refractivity contribution is 0.0636. The molecule has 8 heteroatoms. The molecule has 0 aliphatic rings. The van der Waals surface area contributed by atoms with Crippen molar-refractivity contribution in [2.45, 2.75) is 39.7 Å². The van der Waals surface area contributed by atoms with Crippen molar-refractivity contribution in [3.63, 3.8) is 0 Å². The first-order chi connectivity index (χ1) is 13.7. The number of rotatable bonds is 5. The van der Waals surface area contributed by atoms with Crippen LogP contribution in [-0.2, 0) is 4.74 Å². The second-order valence-electron chi connectivity index (χ2n) is 7.08. The Morgan fingerprint density at radius 2 is 1.76 bits per heavy atom. The van der Waals surface area contributed by atoms with Crippen LogP contribution in [0, 0.1) is 0 Å². The number of halogens is 1. The molecule has 0 aromatic heterocycles. The number of carbonyl (C=O) groups is 1. The molecular weight excluding hydrogens is 390 g/mol. The third-order valence-corrected chi connectivity index (χ3v) is 3.56. The van der Waals surface area contributed by atoms with E-state index >= 15 is 0 Å². The van der Waals surface area contributed by atoms with Gasteiger partial charge >= 0.3 is 6.09 Å². The Balaban J connectivity index is 2.04. The molecule has 2 aromatic carbocycles. The molecule has 0 heterocycles. The van der Waals surface area contributed by atoms with Crippen molar-refractivity contribution in [2.24, 2.45) is 9.98 Å². The number of hydrogen-bond acceptors (Lipinski definition) is 4. The molecule has 0 spiro atoms. The highest BCUT2D eigenvalue weighted by molar-refractivity contribution is 6.65. The van der Waals surface area contributed by atoms with E-state index in [2.05, 4.69) is 26.2 Å². The van der Waals surface area contributed by atoms with Crippen molar-refractivity contribution in [3.8, 4) is 0 Å². The van der Waals surface area contributed by atoms with Gasteiger partial charge in [-0.25, -0.2) is 14.8 Å². The lowest BCUT2D eigenvalue weighted by atomic mass is 10.2. The normalized spacial score (nSPS) is 12.3. The number of nitrogens with one attached hydrogen (secondary N) is 3. The van der Waals surface area contributed by atoms with Crippen LogP contribution in [0.5, 0.6) is 0 Å². The minimum Gasteiger partial charge on any atom is -0.444 e. The van der Waals surface area contributed by atoms with E-state index in [4.69, 9.17) is 16.3 Å². The summed E-state index contributed by atoms with van der Waals surface area (Å²) in [6.45, 7) is 7.36. The highest BCUT2D eigenvalue weighted by Gasteiger charge is 2.16. The minimum atomic E-state index is -0.568. The molecule has 0 bridgehead atoms. The summed E-state index contributed by atoms with van der Waals surface area (Å²) in [6.07, 6.45) is 0.0547. The van der Waals surface area contributed by atoms with Crippen LogP contribution in [0.2, 0.25) is 0 Å². The van der Waals surface area contributed by atoms with Crippen LogP contribution < -0.4 is 16.2 Å². The van der Waals surface area contributed by atoms with Gasteiger partial charge in [0.2, 0.25) is 5.29 Å². The number of hydrogen-bond donors (Lipinski definition) is 3. The second kappa shape index (κ2) is 10.5. The Morgan fingerprint density at radius 3 is 2.41 bits per heavy atom. The minimum absolute atomic E-state index is 0.164. The van der Waals surface area contributed by atoms with Crippen LogP contribution in [0.25, 0.3) is 0 Å². The van der Waals surface area contributed by atoms with E-state index < -0.39 is 11.7 Å². The number of benzene rings is 2. The van der Waals surface area contributed by atoms with Crippen LogP contribution in [0.15, 0.2) is 64.6 Å². The molecule has 29 heavy (non-hydrogen) atoms. The van der Waals surface area contributed by atoms with Crippen molar-refractivity contribution in [2.75, 3.05) is 10.7 Å². The molecule has 0 atom stereocenters. The van der Waals surface area contributed by atoms with Gasteiger partial charge in [0, 0.05) is 12.1 Å². The first-order valence-electron chi connectivity index (χ1n) is 9.24. The number of para-hydroxylation sites is 1. The van der Waals surface area contributed by atoms with Crippen LogP contribution >= 0.6 is 11.6 Å². The zero-order valence-electron chi connectivity index (χ0n) is 17.0. The maximum Gasteiger partial charge on any atom is 0.412 e. The van der Waals surface area contributed by atoms with Crippen molar-refractivity contribution in [3.05, 3.63) is 54.6 Å². The third-order valence-electron chi connectivity index (χ3n) is 3.38. The van der Waals surface area contributed by atoms with Gasteiger partial charge in [0.15, 0.2) is 0 Å². The van der Waals surface area contributed by atoms with Crippen molar-refractivity contribution in [1.29, 1.82) is 0 Å². The Labute approximate surface area is 176 Å². The number of carbonyl (C=O) groups excluding carboxylic acids is 1. The summed E-state index contributed by atoms with van der Waals surface area (Å²) < 4.78 is 5.26. The Kier molecular flexibility index (Phi) is 8.03. The molecule has 0 saturated carbocycles. The molecule has 3 N–H and O–H groups in total. The van der Waals surface area contributed by atoms with E-state index in [0.29, 0.717) is 23.6 Å². The fraction of sp³-hybridized carbons (Fsp3) is 0.286. The molecule has 0 radical (unpaired) electrons. The summed E-state index contributed by atoms with van der Waals surface area (Å²) >= 11 is 6.15. The molecule has 0 unspecified atom stereocenters. The average Bonchev–Trinajstić information content (AvgIpc) is 2.65. The maximum absolute atomic E-state index is 11.9. The molecule has 0 fully saturated rings. The van der Waals surface area contributed by atoms with Crippen molar-refractivity contribution < 1.29 is 9.53 Å². The summed E-state index contributed by atoms with van der Waals surface area (Å²) in [5, 5.41) is 2.86. The second-order valence-corrected chi connectivity index (χ2v) is 7.44. The van der Waals surface area contributed by atoms with E-state index in [1.807, 2.05) is 64.1 Å². The van der Waals surface area contributed by atoms with Crippen LogP contribution in [0.3, 0.4) is 0 Å². The average molecular weight is 416 g/mol. The van der Waals surface area contributed by atoms with E-state index in [9.17, 15) is 4.79 Å². The summed E-state index contributed by atoms with van der Waals surface area (Å²) in [6, 6.07) is 16.6. The lowest BCUT2D eigenvalue weighted by Gasteiger charge is -2.19. The van der Waals surface area contributed by atoms with E-state index in [0.717, 1.165) is 5.69 Å². The van der Waals surface area contributed by atoms with Crippen molar-refractivity contribution >= 4 is 45.9 Å². The summed E-state index contributed by atoms with van der Waals surface area (Å²) in [5.41, 5.74) is 7.28. The molecule has 154 valence electrons. The van der Waals surface area contributed by atoms with Gasteiger partial charge in [-0.1, -0.05) is 31.2 Å². The van der Waals surface area contributed by atoms with E-state index in [1.165, 1.54) is 0 Å². The fourth-order valence-electron chi connectivity index (χ4n) is 2.19. The molecule has 2 rings (SSSR count). The number of amides is 1. The van der Waals surface area contributed by atoms with E-state index in [1.54, 1.807) is 18.2 Å². The molecule has 0 aliphatic heterocycles. The number of aliphatic imine (C=N–C) groups is 2. The molecule has 0 aliphatic carbocycles. The topological polar surface area (TPSA) is 87.1 Å². The van der Waals surface area contributed by atoms with Gasteiger partial charge < -0.3 is 4.74 Å². The van der Waals surface area contributed by atoms with Crippen LogP contribution in [0.1, 0.15) is 34.1 Å². The molecular formula is C21H26ClN5O2. The largest absolute Gasteiger partial charge is 0.444 e. The monoisotopic (exact) mass is 415 g/mol.